The number of nitrogens with one attached hydrogen (secondary N) is 1. The topological polar surface area (TPSA) is 50.7 Å². The van der Waals surface area contributed by atoms with Crippen LogP contribution in [0.3, 0.4) is 0 Å². The highest BCUT2D eigenvalue weighted by Gasteiger charge is 2.24. The lowest BCUT2D eigenvalue weighted by molar-refractivity contribution is -0.115. The van der Waals surface area contributed by atoms with Gasteiger partial charge in [0.2, 0.25) is 0 Å². The molecule has 33 heavy (non-hydrogen) atoms. The van der Waals surface area contributed by atoms with E-state index in [4.69, 9.17) is 51.1 Å². The molecule has 0 unspecified atom stereocenters. The smallest absolute Gasteiger partial charge is 0.264 e. The summed E-state index contributed by atoms with van der Waals surface area (Å²) in [5.41, 5.74) is 3.13. The minimum Gasteiger partial charge on any atom is -0.486 e. The van der Waals surface area contributed by atoms with E-state index in [1.54, 1.807) is 36.4 Å². The first-order valence-electron chi connectivity index (χ1n) is 9.71. The Balaban J connectivity index is 1.51. The van der Waals surface area contributed by atoms with E-state index in [2.05, 4.69) is 10.3 Å². The van der Waals surface area contributed by atoms with Crippen molar-refractivity contribution in [2.45, 2.75) is 13.5 Å². The molecular formula is C24H16Cl4N2O2S. The van der Waals surface area contributed by atoms with Crippen molar-refractivity contribution >= 4 is 81.0 Å². The molecule has 3 aromatic carbocycles. The Morgan fingerprint density at radius 3 is 2.39 bits per heavy atom. The van der Waals surface area contributed by atoms with E-state index in [0.29, 0.717) is 47.2 Å². The first-order valence-corrected chi connectivity index (χ1v) is 12.0. The molecule has 0 saturated carbocycles. The fourth-order valence-electron chi connectivity index (χ4n) is 3.00. The number of benzene rings is 3. The molecule has 1 heterocycles. The molecule has 1 amide bonds. The normalized spacial score (nSPS) is 15.8. The second-order valence-electron chi connectivity index (χ2n) is 7.09. The van der Waals surface area contributed by atoms with Gasteiger partial charge in [0.15, 0.2) is 10.9 Å². The van der Waals surface area contributed by atoms with E-state index in [-0.39, 0.29) is 12.5 Å². The van der Waals surface area contributed by atoms with Gasteiger partial charge in [0, 0.05) is 10.0 Å². The number of ether oxygens (including phenoxy) is 1. The van der Waals surface area contributed by atoms with Crippen molar-refractivity contribution in [1.82, 2.24) is 5.32 Å². The summed E-state index contributed by atoms with van der Waals surface area (Å²) < 4.78 is 5.80. The molecule has 0 spiro atoms. The highest BCUT2D eigenvalue weighted by molar-refractivity contribution is 8.18. The molecule has 9 heteroatoms. The van der Waals surface area contributed by atoms with E-state index in [1.165, 1.54) is 11.8 Å². The summed E-state index contributed by atoms with van der Waals surface area (Å²) in [6.07, 6.45) is 1.70. The molecule has 1 aliphatic rings. The molecule has 4 nitrogen and oxygen atoms in total. The van der Waals surface area contributed by atoms with Gasteiger partial charge in [-0.2, -0.15) is 0 Å². The molecule has 1 aliphatic heterocycles. The van der Waals surface area contributed by atoms with Crippen molar-refractivity contribution in [3.05, 3.63) is 96.3 Å². The lowest BCUT2D eigenvalue weighted by atomic mass is 10.2. The van der Waals surface area contributed by atoms with Crippen LogP contribution in [0.1, 0.15) is 16.7 Å². The monoisotopic (exact) mass is 536 g/mol. The average molecular weight is 538 g/mol. The second kappa shape index (κ2) is 10.4. The molecule has 168 valence electrons. The minimum atomic E-state index is -0.256. The van der Waals surface area contributed by atoms with Gasteiger partial charge in [-0.1, -0.05) is 64.6 Å². The van der Waals surface area contributed by atoms with Gasteiger partial charge < -0.3 is 10.1 Å². The maximum Gasteiger partial charge on any atom is 0.264 e. The van der Waals surface area contributed by atoms with Crippen LogP contribution >= 0.6 is 58.2 Å². The number of amides is 1. The first-order chi connectivity index (χ1) is 15.8. The fourth-order valence-corrected chi connectivity index (χ4v) is 4.74. The molecular weight excluding hydrogens is 522 g/mol. The summed E-state index contributed by atoms with van der Waals surface area (Å²) in [6, 6.07) is 16.1. The lowest BCUT2D eigenvalue weighted by Crippen LogP contribution is -2.19. The van der Waals surface area contributed by atoms with Crippen LogP contribution < -0.4 is 10.1 Å². The Kier molecular flexibility index (Phi) is 7.57. The number of carbonyl (C=O) groups is 1. The number of nitrogens with zero attached hydrogens (tertiary/aromatic N) is 1. The van der Waals surface area contributed by atoms with Crippen LogP contribution in [0, 0.1) is 6.92 Å². The van der Waals surface area contributed by atoms with Gasteiger partial charge in [-0.05, 0) is 77.9 Å². The molecule has 1 N–H and O–H groups in total. The number of carbonyl (C=O) groups excluding carboxylic acids is 1. The summed E-state index contributed by atoms with van der Waals surface area (Å²) in [5, 5.41) is 5.18. The SMILES string of the molecule is Cc1c(Cl)cccc1N=C1NC(=O)/C(=C\c2cc(Cl)c(OCc3ccc(Cl)cc3)c(Cl)c2)S1. The molecule has 3 aromatic rings. The molecule has 1 saturated heterocycles. The Morgan fingerprint density at radius 1 is 1.00 bits per heavy atom. The number of rotatable bonds is 5. The summed E-state index contributed by atoms with van der Waals surface area (Å²) in [5.74, 6) is 0.117. The Bertz CT molecular complexity index is 1270. The maximum atomic E-state index is 12.4. The van der Waals surface area contributed by atoms with Crippen LogP contribution in [0.4, 0.5) is 5.69 Å². The predicted molar refractivity (Wildman–Crippen MR) is 139 cm³/mol. The van der Waals surface area contributed by atoms with Crippen molar-refractivity contribution < 1.29 is 9.53 Å². The zero-order valence-electron chi connectivity index (χ0n) is 17.2. The first kappa shape index (κ1) is 24.0. The van der Waals surface area contributed by atoms with Crippen LogP contribution in [-0.2, 0) is 11.4 Å². The quantitative estimate of drug-likeness (QED) is 0.334. The lowest BCUT2D eigenvalue weighted by Gasteiger charge is -2.11. The Morgan fingerprint density at radius 2 is 1.70 bits per heavy atom. The van der Waals surface area contributed by atoms with E-state index >= 15 is 0 Å². The highest BCUT2D eigenvalue weighted by Crippen LogP contribution is 2.37. The van der Waals surface area contributed by atoms with Gasteiger partial charge in [-0.3, -0.25) is 4.79 Å². The van der Waals surface area contributed by atoms with Crippen LogP contribution in [0.15, 0.2) is 64.5 Å². The fraction of sp³-hybridized carbons (Fsp3) is 0.0833. The Hall–Kier alpha value is -2.15. The molecule has 0 aromatic heterocycles. The van der Waals surface area contributed by atoms with Gasteiger partial charge in [0.25, 0.3) is 5.91 Å². The van der Waals surface area contributed by atoms with Crippen molar-refractivity contribution in [1.29, 1.82) is 0 Å². The van der Waals surface area contributed by atoms with Gasteiger partial charge in [-0.15, -0.1) is 0 Å². The number of halogens is 4. The average Bonchev–Trinajstić information content (AvgIpc) is 3.10. The third kappa shape index (κ3) is 5.86. The van der Waals surface area contributed by atoms with Gasteiger partial charge >= 0.3 is 0 Å². The van der Waals surface area contributed by atoms with Crippen molar-refractivity contribution in [2.24, 2.45) is 4.99 Å². The van der Waals surface area contributed by atoms with Gasteiger partial charge in [0.1, 0.15) is 6.61 Å². The number of amidine groups is 1. The standard InChI is InChI=1S/C24H16Cl4N2O2S/c1-13-17(26)3-2-4-20(13)29-24-30-23(31)21(33-24)11-15-9-18(27)22(19(28)10-15)32-12-14-5-7-16(25)8-6-14/h2-11H,12H2,1H3,(H,29,30,31)/b21-11+. The molecule has 0 bridgehead atoms. The number of thioether (sulfide) groups is 1. The van der Waals surface area contributed by atoms with Crippen LogP contribution in [0.25, 0.3) is 6.08 Å². The van der Waals surface area contributed by atoms with Crippen molar-refractivity contribution in [2.75, 3.05) is 0 Å². The second-order valence-corrected chi connectivity index (χ2v) is 9.78. The van der Waals surface area contributed by atoms with Crippen LogP contribution in [0.2, 0.25) is 20.1 Å². The van der Waals surface area contributed by atoms with E-state index in [1.807, 2.05) is 31.2 Å². The van der Waals surface area contributed by atoms with E-state index in [9.17, 15) is 4.79 Å². The molecule has 0 aliphatic carbocycles. The highest BCUT2D eigenvalue weighted by atomic mass is 35.5. The summed E-state index contributed by atoms with van der Waals surface area (Å²) in [6.45, 7) is 2.17. The number of hydrogen-bond donors (Lipinski definition) is 1. The summed E-state index contributed by atoms with van der Waals surface area (Å²) in [7, 11) is 0. The van der Waals surface area contributed by atoms with Crippen molar-refractivity contribution in [3.8, 4) is 5.75 Å². The van der Waals surface area contributed by atoms with Crippen molar-refractivity contribution in [3.63, 3.8) is 0 Å². The zero-order chi connectivity index (χ0) is 23.5. The van der Waals surface area contributed by atoms with Gasteiger partial charge in [-0.25, -0.2) is 4.99 Å². The molecule has 4 rings (SSSR count). The largest absolute Gasteiger partial charge is 0.486 e. The van der Waals surface area contributed by atoms with E-state index < -0.39 is 0 Å². The maximum absolute atomic E-state index is 12.4. The zero-order valence-corrected chi connectivity index (χ0v) is 21.0. The molecule has 0 atom stereocenters. The third-order valence-corrected chi connectivity index (χ3v) is 6.86. The van der Waals surface area contributed by atoms with E-state index in [0.717, 1.165) is 11.1 Å². The summed E-state index contributed by atoms with van der Waals surface area (Å²) in [4.78, 5) is 17.4. The molecule has 1 fully saturated rings. The molecule has 0 radical (unpaired) electrons. The third-order valence-electron chi connectivity index (χ3n) is 4.73. The summed E-state index contributed by atoms with van der Waals surface area (Å²) >= 11 is 26.1. The number of aliphatic imine (C=N–C) groups is 1. The Labute approximate surface area is 215 Å². The van der Waals surface area contributed by atoms with Crippen LogP contribution in [-0.4, -0.2) is 11.1 Å². The minimum absolute atomic E-state index is 0.256. The predicted octanol–water partition coefficient (Wildman–Crippen LogP) is 8.08. The van der Waals surface area contributed by atoms with Crippen LogP contribution in [0.5, 0.6) is 5.75 Å². The van der Waals surface area contributed by atoms with Gasteiger partial charge in [0.05, 0.1) is 20.6 Å². The number of hydrogen-bond acceptors (Lipinski definition) is 4.